The molecule has 1 aromatic rings. The van der Waals surface area contributed by atoms with Crippen LogP contribution in [0.25, 0.3) is 0 Å². The highest BCUT2D eigenvalue weighted by atomic mass is 16.5. The highest BCUT2D eigenvalue weighted by Crippen LogP contribution is 2.72. The molecule has 1 saturated heterocycles. The zero-order chi connectivity index (χ0) is 19.1. The number of allylic oxidation sites excluding steroid dienone is 1. The number of nitrogens with zero attached hydrogens (tertiary/aromatic N) is 1. The fourth-order valence-corrected chi connectivity index (χ4v) is 7.01. The van der Waals surface area contributed by atoms with Crippen LogP contribution < -0.4 is 4.74 Å². The SMILES string of the molecule is COc1ccc2c(c1O)C13CCN(C)C(C2)C12C=CC(=O)C3C(C(C)=O)C2. The Balaban J connectivity index is 1.88. The summed E-state index contributed by atoms with van der Waals surface area (Å²) < 4.78 is 5.41. The zero-order valence-electron chi connectivity index (χ0n) is 16.0. The molecule has 5 rings (SSSR count). The van der Waals surface area contributed by atoms with E-state index in [0.717, 1.165) is 30.5 Å². The third kappa shape index (κ3) is 1.74. The number of phenols is 1. The molecule has 4 aliphatic rings. The number of fused-ring (bicyclic) bond motifs is 1. The first-order valence-electron chi connectivity index (χ1n) is 9.70. The van der Waals surface area contributed by atoms with Crippen molar-refractivity contribution in [3.05, 3.63) is 35.4 Å². The van der Waals surface area contributed by atoms with Gasteiger partial charge >= 0.3 is 0 Å². The van der Waals surface area contributed by atoms with Gasteiger partial charge in [0.05, 0.1) is 7.11 Å². The number of piperidine rings is 1. The van der Waals surface area contributed by atoms with Crippen LogP contribution >= 0.6 is 0 Å². The Kier molecular flexibility index (Phi) is 3.29. The lowest BCUT2D eigenvalue weighted by Gasteiger charge is -2.62. The van der Waals surface area contributed by atoms with Crippen LogP contribution in [0.3, 0.4) is 0 Å². The third-order valence-electron chi connectivity index (χ3n) is 7.99. The number of benzene rings is 1. The van der Waals surface area contributed by atoms with Gasteiger partial charge in [-0.15, -0.1) is 0 Å². The molecule has 27 heavy (non-hydrogen) atoms. The lowest BCUT2D eigenvalue weighted by molar-refractivity contribution is -0.131. The van der Waals surface area contributed by atoms with E-state index < -0.39 is 11.3 Å². The van der Waals surface area contributed by atoms with E-state index in [1.165, 1.54) is 0 Å². The summed E-state index contributed by atoms with van der Waals surface area (Å²) in [4.78, 5) is 28.1. The largest absolute Gasteiger partial charge is 0.504 e. The summed E-state index contributed by atoms with van der Waals surface area (Å²) in [7, 11) is 3.69. The Morgan fingerprint density at radius 3 is 2.85 bits per heavy atom. The summed E-state index contributed by atoms with van der Waals surface area (Å²) in [5.74, 6) is 0.0153. The van der Waals surface area contributed by atoms with Crippen molar-refractivity contribution in [1.29, 1.82) is 0 Å². The summed E-state index contributed by atoms with van der Waals surface area (Å²) in [6.07, 6.45) is 6.04. The molecule has 142 valence electrons. The van der Waals surface area contributed by atoms with Crippen molar-refractivity contribution in [3.63, 3.8) is 0 Å². The number of phenolic OH excluding ortho intramolecular Hbond substituents is 1. The second-order valence-corrected chi connectivity index (χ2v) is 8.75. The molecule has 1 aromatic carbocycles. The predicted octanol–water partition coefficient (Wildman–Crippen LogP) is 2.25. The molecule has 1 saturated carbocycles. The predicted molar refractivity (Wildman–Crippen MR) is 99.9 cm³/mol. The highest BCUT2D eigenvalue weighted by molar-refractivity contribution is 6.00. The number of hydrogen-bond acceptors (Lipinski definition) is 5. The van der Waals surface area contributed by atoms with Gasteiger partial charge in [-0.25, -0.2) is 0 Å². The smallest absolute Gasteiger partial charge is 0.161 e. The highest BCUT2D eigenvalue weighted by Gasteiger charge is 2.74. The molecule has 0 aromatic heterocycles. The van der Waals surface area contributed by atoms with E-state index in [9.17, 15) is 14.7 Å². The van der Waals surface area contributed by atoms with Gasteiger partial charge in [-0.05, 0) is 57.5 Å². The van der Waals surface area contributed by atoms with Gasteiger partial charge < -0.3 is 14.7 Å². The van der Waals surface area contributed by atoms with Gasteiger partial charge in [-0.1, -0.05) is 12.1 Å². The maximum Gasteiger partial charge on any atom is 0.161 e. The van der Waals surface area contributed by atoms with E-state index in [2.05, 4.69) is 18.0 Å². The van der Waals surface area contributed by atoms with Crippen LogP contribution in [0.1, 0.15) is 30.9 Å². The number of carbonyl (C=O) groups excluding carboxylic acids is 2. The van der Waals surface area contributed by atoms with Crippen molar-refractivity contribution in [2.24, 2.45) is 17.3 Å². The lowest BCUT2D eigenvalue weighted by Crippen LogP contribution is -2.66. The number of ether oxygens (including phenoxy) is 1. The van der Waals surface area contributed by atoms with Crippen LogP contribution in [0, 0.1) is 17.3 Å². The van der Waals surface area contributed by atoms with E-state index in [1.54, 1.807) is 20.1 Å². The van der Waals surface area contributed by atoms with E-state index in [1.807, 2.05) is 12.1 Å². The molecule has 5 heteroatoms. The molecule has 0 radical (unpaired) electrons. The maximum absolute atomic E-state index is 13.1. The van der Waals surface area contributed by atoms with Crippen molar-refractivity contribution in [2.75, 3.05) is 20.7 Å². The molecule has 1 heterocycles. The molecule has 1 aliphatic heterocycles. The number of ketones is 2. The molecule has 5 nitrogen and oxygen atoms in total. The number of rotatable bonds is 2. The Labute approximate surface area is 159 Å². The molecule has 5 atom stereocenters. The minimum atomic E-state index is -0.529. The average Bonchev–Trinajstić information content (AvgIpc) is 2.87. The first-order valence-corrected chi connectivity index (χ1v) is 9.70. The number of Topliss-reactive ketones (excluding diaryl/α,β-unsaturated/α-hetero) is 1. The lowest BCUT2D eigenvalue weighted by atomic mass is 9.46. The van der Waals surface area contributed by atoms with Gasteiger partial charge in [0, 0.05) is 34.3 Å². The Morgan fingerprint density at radius 1 is 1.37 bits per heavy atom. The normalized spacial score (nSPS) is 39.1. The van der Waals surface area contributed by atoms with Crippen LogP contribution in [0.4, 0.5) is 0 Å². The number of aromatic hydroxyl groups is 1. The van der Waals surface area contributed by atoms with Crippen LogP contribution in [0.15, 0.2) is 24.3 Å². The van der Waals surface area contributed by atoms with Gasteiger partial charge in [0.1, 0.15) is 5.78 Å². The van der Waals surface area contributed by atoms with Gasteiger partial charge in [-0.2, -0.15) is 0 Å². The summed E-state index contributed by atoms with van der Waals surface area (Å²) in [5.41, 5.74) is 1.11. The van der Waals surface area contributed by atoms with E-state index in [4.69, 9.17) is 4.74 Å². The van der Waals surface area contributed by atoms with Gasteiger partial charge in [0.2, 0.25) is 0 Å². The number of hydrogen-bond donors (Lipinski definition) is 1. The summed E-state index contributed by atoms with van der Waals surface area (Å²) >= 11 is 0. The minimum Gasteiger partial charge on any atom is -0.504 e. The van der Waals surface area contributed by atoms with E-state index in [-0.39, 0.29) is 34.7 Å². The fraction of sp³-hybridized carbons (Fsp3) is 0.545. The van der Waals surface area contributed by atoms with Gasteiger partial charge in [0.25, 0.3) is 0 Å². The van der Waals surface area contributed by atoms with Crippen molar-refractivity contribution in [1.82, 2.24) is 4.90 Å². The standard InChI is InChI=1S/C22H25NO4/c1-12(24)14-11-21-7-6-15(25)19(14)22(21)8-9-23(2)17(21)10-13-4-5-16(27-3)20(26)18(13)22/h4-7,14,17,19,26H,8-11H2,1-3H3. The zero-order valence-corrected chi connectivity index (χ0v) is 16.0. The summed E-state index contributed by atoms with van der Waals surface area (Å²) in [6, 6.07) is 4.06. The maximum atomic E-state index is 13.1. The van der Waals surface area contributed by atoms with E-state index >= 15 is 0 Å². The second kappa shape index (κ2) is 5.22. The molecule has 2 fully saturated rings. The molecule has 4 bridgehead atoms. The Bertz CT molecular complexity index is 906. The molecule has 0 spiro atoms. The summed E-state index contributed by atoms with van der Waals surface area (Å²) in [6.45, 7) is 2.46. The van der Waals surface area contributed by atoms with Gasteiger partial charge in [0.15, 0.2) is 17.3 Å². The summed E-state index contributed by atoms with van der Waals surface area (Å²) in [5, 5.41) is 11.2. The minimum absolute atomic E-state index is 0.0293. The van der Waals surface area contributed by atoms with E-state index in [0.29, 0.717) is 12.2 Å². The molecule has 1 N–H and O–H groups in total. The average molecular weight is 367 g/mol. The Morgan fingerprint density at radius 2 is 2.15 bits per heavy atom. The van der Waals surface area contributed by atoms with Crippen molar-refractivity contribution in [2.45, 2.75) is 37.6 Å². The van der Waals surface area contributed by atoms with Crippen molar-refractivity contribution in [3.8, 4) is 11.5 Å². The molecule has 5 unspecified atom stereocenters. The number of likely N-dealkylation sites (N-methyl/N-ethyl adjacent to an activating group) is 1. The van der Waals surface area contributed by atoms with Crippen molar-refractivity contribution >= 4 is 11.6 Å². The Hall–Kier alpha value is -2.14. The molecule has 0 amide bonds. The number of carbonyl (C=O) groups is 2. The fourth-order valence-electron chi connectivity index (χ4n) is 7.01. The second-order valence-electron chi connectivity index (χ2n) is 8.75. The van der Waals surface area contributed by atoms with Crippen LogP contribution in [0.2, 0.25) is 0 Å². The van der Waals surface area contributed by atoms with Crippen LogP contribution in [-0.4, -0.2) is 48.3 Å². The monoisotopic (exact) mass is 367 g/mol. The molecular formula is C22H25NO4. The first-order chi connectivity index (χ1) is 12.9. The quantitative estimate of drug-likeness (QED) is 0.868. The van der Waals surface area contributed by atoms with Crippen LogP contribution in [0.5, 0.6) is 11.5 Å². The molecule has 3 aliphatic carbocycles. The van der Waals surface area contributed by atoms with Crippen molar-refractivity contribution < 1.29 is 19.4 Å². The number of methoxy groups -OCH3 is 1. The van der Waals surface area contributed by atoms with Gasteiger partial charge in [-0.3, -0.25) is 9.59 Å². The topological polar surface area (TPSA) is 66.8 Å². The first kappa shape index (κ1) is 17.0. The molecular weight excluding hydrogens is 342 g/mol. The third-order valence-corrected chi connectivity index (χ3v) is 7.99. The van der Waals surface area contributed by atoms with Crippen LogP contribution in [-0.2, 0) is 21.4 Å². The number of likely N-dealkylation sites (tertiary alicyclic amines) is 1.